The third kappa shape index (κ3) is 4.05. The van der Waals surface area contributed by atoms with Crippen LogP contribution in [-0.2, 0) is 0 Å². The molecule has 9 nitrogen and oxygen atoms in total. The van der Waals surface area contributed by atoms with Gasteiger partial charge in [-0.3, -0.25) is 15.4 Å². The lowest BCUT2D eigenvalue weighted by molar-refractivity contribution is 0.669. The molecule has 9 heteroatoms. The maximum absolute atomic E-state index is 6.24. The Bertz CT molecular complexity index is 1520. The molecular formula is C27H25N9. The van der Waals surface area contributed by atoms with E-state index in [4.69, 9.17) is 17.2 Å². The van der Waals surface area contributed by atoms with Crippen LogP contribution in [0.3, 0.4) is 0 Å². The highest BCUT2D eigenvalue weighted by Gasteiger charge is 2.23. The van der Waals surface area contributed by atoms with Gasteiger partial charge < -0.3 is 22.5 Å². The molecule has 178 valence electrons. The fourth-order valence-corrected chi connectivity index (χ4v) is 4.14. The Hall–Kier alpha value is -5.31. The molecule has 0 bridgehead atoms. The minimum Gasteiger partial charge on any atom is -0.399 e. The standard InChI is InChI=1S/C27H25N9/c1-3-32-23(18-7-5-16(28)9-22(18)30)11-24-20-13-31-14-21(20)25(34-15-33-24)12-27-19-8-6-17(29)10-26(19)35-36(27)4-2/h3-15,32,35H,1-2,28-30H2/b23-11+,27-12+. The van der Waals surface area contributed by atoms with Crippen molar-refractivity contribution in [1.29, 1.82) is 0 Å². The van der Waals surface area contributed by atoms with Crippen LogP contribution in [0.4, 0.5) is 22.7 Å². The van der Waals surface area contributed by atoms with E-state index in [0.717, 1.165) is 33.6 Å². The van der Waals surface area contributed by atoms with Crippen molar-refractivity contribution in [1.82, 2.24) is 25.3 Å². The topological polar surface area (TPSA) is 144 Å². The molecule has 0 aliphatic carbocycles. The maximum atomic E-state index is 6.24. The first kappa shape index (κ1) is 22.5. The first-order chi connectivity index (χ1) is 17.5. The first-order valence-electron chi connectivity index (χ1n) is 11.1. The fraction of sp³-hybridized carbons (Fsp3) is 0. The lowest BCUT2D eigenvalue weighted by Gasteiger charge is -2.14. The Morgan fingerprint density at radius 2 is 1.64 bits per heavy atom. The predicted molar refractivity (Wildman–Crippen MR) is 147 cm³/mol. The van der Waals surface area contributed by atoms with Crippen LogP contribution in [0.2, 0.25) is 0 Å². The average molecular weight is 476 g/mol. The summed E-state index contributed by atoms with van der Waals surface area (Å²) in [7, 11) is 0. The van der Waals surface area contributed by atoms with Gasteiger partial charge in [-0.05, 0) is 54.8 Å². The van der Waals surface area contributed by atoms with Crippen molar-refractivity contribution in [3.05, 3.63) is 103 Å². The molecule has 0 saturated heterocycles. The summed E-state index contributed by atoms with van der Waals surface area (Å²) >= 11 is 0. The van der Waals surface area contributed by atoms with Crippen LogP contribution in [0, 0.1) is 0 Å². The molecule has 5 rings (SSSR count). The molecule has 0 radical (unpaired) electrons. The van der Waals surface area contributed by atoms with Crippen molar-refractivity contribution >= 4 is 46.3 Å². The number of fused-ring (bicyclic) bond motifs is 2. The Morgan fingerprint density at radius 1 is 0.917 bits per heavy atom. The van der Waals surface area contributed by atoms with Crippen LogP contribution >= 0.6 is 0 Å². The lowest BCUT2D eigenvalue weighted by Crippen LogP contribution is -2.14. The van der Waals surface area contributed by atoms with E-state index in [9.17, 15) is 0 Å². The largest absolute Gasteiger partial charge is 0.399 e. The number of hydrogen-bond acceptors (Lipinski definition) is 9. The number of aromatic nitrogens is 3. The molecule has 8 N–H and O–H groups in total. The molecule has 2 aromatic rings. The second-order valence-corrected chi connectivity index (χ2v) is 8.13. The average Bonchev–Trinajstić information content (AvgIpc) is 3.43. The van der Waals surface area contributed by atoms with E-state index in [2.05, 4.69) is 38.9 Å². The van der Waals surface area contributed by atoms with Crippen LogP contribution in [-0.4, -0.2) is 20.0 Å². The quantitative estimate of drug-likeness (QED) is 0.259. The lowest BCUT2D eigenvalue weighted by atomic mass is 10.0. The molecule has 3 aliphatic rings. The molecule has 0 atom stereocenters. The summed E-state index contributed by atoms with van der Waals surface area (Å²) in [6, 6.07) is 11.1. The number of hydrazine groups is 1. The Labute approximate surface area is 208 Å². The molecule has 3 heterocycles. The number of nitrogen functional groups attached to an aromatic ring is 3. The van der Waals surface area contributed by atoms with Crippen molar-refractivity contribution in [2.45, 2.75) is 0 Å². The molecule has 3 aliphatic heterocycles. The van der Waals surface area contributed by atoms with Crippen molar-refractivity contribution in [3.63, 3.8) is 0 Å². The van der Waals surface area contributed by atoms with Gasteiger partial charge in [0.05, 0.1) is 22.8 Å². The minimum atomic E-state index is 0.536. The van der Waals surface area contributed by atoms with E-state index in [1.807, 2.05) is 41.4 Å². The third-order valence-corrected chi connectivity index (χ3v) is 5.82. The summed E-state index contributed by atoms with van der Waals surface area (Å²) < 4.78 is 0. The number of nitrogens with two attached hydrogens (primary N) is 3. The van der Waals surface area contributed by atoms with Gasteiger partial charge in [-0.2, -0.15) is 0 Å². The maximum Gasteiger partial charge on any atom is 0.116 e. The van der Waals surface area contributed by atoms with Gasteiger partial charge in [-0.25, -0.2) is 9.97 Å². The summed E-state index contributed by atoms with van der Waals surface area (Å²) in [5.41, 5.74) is 30.4. The zero-order valence-corrected chi connectivity index (χ0v) is 19.4. The van der Waals surface area contributed by atoms with Gasteiger partial charge in [-0.15, -0.1) is 0 Å². The monoisotopic (exact) mass is 475 g/mol. The smallest absolute Gasteiger partial charge is 0.116 e. The summed E-state index contributed by atoms with van der Waals surface area (Å²) in [5, 5.41) is 4.98. The molecule has 0 unspecified atom stereocenters. The highest BCUT2D eigenvalue weighted by Crippen LogP contribution is 2.38. The normalized spacial score (nSPS) is 13.9. The van der Waals surface area contributed by atoms with Crippen LogP contribution in [0.1, 0.15) is 22.5 Å². The van der Waals surface area contributed by atoms with Crippen molar-refractivity contribution in [2.24, 2.45) is 0 Å². The molecule has 2 aromatic carbocycles. The zero-order valence-electron chi connectivity index (χ0n) is 19.4. The fourth-order valence-electron chi connectivity index (χ4n) is 4.14. The van der Waals surface area contributed by atoms with Crippen molar-refractivity contribution in [2.75, 3.05) is 22.6 Å². The van der Waals surface area contributed by atoms with Crippen LogP contribution in [0.15, 0.2) is 80.7 Å². The van der Waals surface area contributed by atoms with Crippen molar-refractivity contribution in [3.8, 4) is 11.1 Å². The van der Waals surface area contributed by atoms with E-state index in [0.29, 0.717) is 34.1 Å². The number of benzene rings is 2. The van der Waals surface area contributed by atoms with Crippen LogP contribution < -0.4 is 27.9 Å². The zero-order chi connectivity index (χ0) is 25.2. The second kappa shape index (κ2) is 9.15. The van der Waals surface area contributed by atoms with E-state index in [1.54, 1.807) is 36.9 Å². The van der Waals surface area contributed by atoms with E-state index in [-0.39, 0.29) is 0 Å². The van der Waals surface area contributed by atoms with Gasteiger partial charge >= 0.3 is 0 Å². The first-order valence-corrected chi connectivity index (χ1v) is 11.1. The number of nitrogens with zero attached hydrogens (tertiary/aromatic N) is 4. The van der Waals surface area contributed by atoms with Gasteiger partial charge in [0, 0.05) is 63.6 Å². The minimum absolute atomic E-state index is 0.536. The summed E-state index contributed by atoms with van der Waals surface area (Å²) in [6.45, 7) is 7.71. The SMILES string of the molecule is C=CN/C(=C/c1ncnc(/C=C2\c3ccc(N)cc3NN2C=C)c2cncc1-2)c1ccc(N)cc1N. The third-order valence-electron chi connectivity index (χ3n) is 5.82. The molecule has 0 spiro atoms. The van der Waals surface area contributed by atoms with Crippen molar-refractivity contribution < 1.29 is 0 Å². The van der Waals surface area contributed by atoms with E-state index < -0.39 is 0 Å². The van der Waals surface area contributed by atoms with Gasteiger partial charge in [0.2, 0.25) is 0 Å². The molecule has 0 saturated carbocycles. The summed E-state index contributed by atoms with van der Waals surface area (Å²) in [6.07, 6.45) is 12.2. The summed E-state index contributed by atoms with van der Waals surface area (Å²) in [4.78, 5) is 13.6. The Kier molecular flexibility index (Phi) is 5.71. The highest BCUT2D eigenvalue weighted by molar-refractivity contribution is 5.95. The second-order valence-electron chi connectivity index (χ2n) is 8.13. The van der Waals surface area contributed by atoms with Crippen LogP contribution in [0.5, 0.6) is 0 Å². The Balaban J connectivity index is 1.61. The number of rotatable bonds is 6. The van der Waals surface area contributed by atoms with Gasteiger partial charge in [0.15, 0.2) is 0 Å². The molecule has 0 fully saturated rings. The van der Waals surface area contributed by atoms with Crippen LogP contribution in [0.25, 0.3) is 34.7 Å². The molecular weight excluding hydrogens is 450 g/mol. The Morgan fingerprint density at radius 3 is 2.39 bits per heavy atom. The van der Waals surface area contributed by atoms with Gasteiger partial charge in [0.25, 0.3) is 0 Å². The molecule has 0 amide bonds. The molecule has 36 heavy (non-hydrogen) atoms. The predicted octanol–water partition coefficient (Wildman–Crippen LogP) is 4.24. The van der Waals surface area contributed by atoms with E-state index >= 15 is 0 Å². The number of nitrogens with one attached hydrogen (secondary N) is 2. The van der Waals surface area contributed by atoms with Gasteiger partial charge in [-0.1, -0.05) is 13.2 Å². The van der Waals surface area contributed by atoms with Gasteiger partial charge in [0.1, 0.15) is 6.33 Å². The highest BCUT2D eigenvalue weighted by atomic mass is 15.5. The van der Waals surface area contributed by atoms with E-state index in [1.165, 1.54) is 6.33 Å². The summed E-state index contributed by atoms with van der Waals surface area (Å²) in [5.74, 6) is 0. The number of hydrogen-bond donors (Lipinski definition) is 5. The number of anilines is 4. The molecule has 0 aromatic heterocycles.